The van der Waals surface area contributed by atoms with Crippen molar-refractivity contribution in [2.24, 2.45) is 0 Å². The lowest BCUT2D eigenvalue weighted by atomic mass is 10.1. The van der Waals surface area contributed by atoms with Crippen molar-refractivity contribution < 1.29 is 17.6 Å². The monoisotopic (exact) mass is 277 g/mol. The van der Waals surface area contributed by atoms with Gasteiger partial charge in [0.05, 0.1) is 0 Å². The van der Waals surface area contributed by atoms with Crippen molar-refractivity contribution in [3.63, 3.8) is 0 Å². The summed E-state index contributed by atoms with van der Waals surface area (Å²) >= 11 is 0. The van der Waals surface area contributed by atoms with Crippen molar-refractivity contribution in [2.45, 2.75) is 32.1 Å². The van der Waals surface area contributed by atoms with Gasteiger partial charge in [-0.2, -0.15) is 8.78 Å². The highest BCUT2D eigenvalue weighted by Gasteiger charge is 2.46. The van der Waals surface area contributed by atoms with Crippen molar-refractivity contribution in [3.05, 3.63) is 33.9 Å². The van der Waals surface area contributed by atoms with Gasteiger partial charge in [0.25, 0.3) is 5.56 Å². The molecule has 0 radical (unpaired) electrons. The van der Waals surface area contributed by atoms with Gasteiger partial charge in [-0.05, 0) is 18.1 Å². The maximum Gasteiger partial charge on any atom is 0.365 e. The molecule has 0 aliphatic heterocycles. The molecule has 2 rings (SSSR count). The molecule has 4 nitrogen and oxygen atoms in total. The smallest absolute Gasteiger partial charge is 0.271 e. The zero-order valence-corrected chi connectivity index (χ0v) is 9.96. The molecule has 104 valence electrons. The van der Waals surface area contributed by atoms with Crippen molar-refractivity contribution >= 4 is 5.65 Å². The second-order valence-electron chi connectivity index (χ2n) is 4.14. The van der Waals surface area contributed by atoms with Crippen molar-refractivity contribution in [1.29, 1.82) is 0 Å². The fraction of sp³-hybridized carbons (Fsp3) is 0.455. The van der Waals surface area contributed by atoms with Gasteiger partial charge >= 0.3 is 12.3 Å². The summed E-state index contributed by atoms with van der Waals surface area (Å²) in [6.45, 7) is 1.89. The minimum atomic E-state index is -4.41. The van der Waals surface area contributed by atoms with Gasteiger partial charge in [-0.3, -0.25) is 9.89 Å². The van der Waals surface area contributed by atoms with Gasteiger partial charge in [0.2, 0.25) is 0 Å². The number of hydrogen-bond donors (Lipinski definition) is 1. The van der Waals surface area contributed by atoms with E-state index in [0.29, 0.717) is 12.0 Å². The van der Waals surface area contributed by atoms with E-state index in [1.54, 1.807) is 0 Å². The van der Waals surface area contributed by atoms with E-state index in [9.17, 15) is 22.4 Å². The maximum atomic E-state index is 13.1. The molecule has 2 aromatic rings. The Bertz CT molecular complexity index is 647. The van der Waals surface area contributed by atoms with E-state index in [4.69, 9.17) is 0 Å². The number of hydrogen-bond acceptors (Lipinski definition) is 2. The van der Waals surface area contributed by atoms with E-state index in [2.05, 4.69) is 4.98 Å². The Balaban J connectivity index is 2.58. The molecule has 0 fully saturated rings. The average molecular weight is 277 g/mol. The highest BCUT2D eigenvalue weighted by Crippen LogP contribution is 2.32. The summed E-state index contributed by atoms with van der Waals surface area (Å²) in [6, 6.07) is 2.69. The summed E-state index contributed by atoms with van der Waals surface area (Å²) in [7, 11) is 0. The minimum absolute atomic E-state index is 0.0914. The first-order valence-corrected chi connectivity index (χ1v) is 5.64. The number of nitrogens with zero attached hydrogens (tertiary/aromatic N) is 2. The summed E-state index contributed by atoms with van der Waals surface area (Å²) in [5, 5.41) is 1.92. The van der Waals surface area contributed by atoms with Crippen LogP contribution in [0.2, 0.25) is 0 Å². The van der Waals surface area contributed by atoms with Crippen LogP contribution in [0.3, 0.4) is 0 Å². The van der Waals surface area contributed by atoms with Gasteiger partial charge in [0.15, 0.2) is 11.5 Å². The Morgan fingerprint density at radius 3 is 2.68 bits per heavy atom. The summed E-state index contributed by atoms with van der Waals surface area (Å²) in [5.74, 6) is -5.63. The van der Waals surface area contributed by atoms with E-state index >= 15 is 0 Å². The number of alkyl halides is 4. The lowest BCUT2D eigenvalue weighted by Gasteiger charge is -2.10. The Morgan fingerprint density at radius 1 is 1.42 bits per heavy atom. The van der Waals surface area contributed by atoms with E-state index in [0.717, 1.165) is 10.9 Å². The number of aromatic nitrogens is 3. The number of aromatic amines is 1. The minimum Gasteiger partial charge on any atom is -0.271 e. The third-order valence-corrected chi connectivity index (χ3v) is 2.65. The molecule has 8 heteroatoms. The van der Waals surface area contributed by atoms with Gasteiger partial charge in [-0.25, -0.2) is 18.3 Å². The summed E-state index contributed by atoms with van der Waals surface area (Å²) < 4.78 is 51.5. The molecular formula is C11H11F4N3O. The normalized spacial score (nSPS) is 12.5. The van der Waals surface area contributed by atoms with Crippen LogP contribution in [0.25, 0.3) is 5.65 Å². The molecule has 2 heterocycles. The Labute approximate surface area is 105 Å². The fourth-order valence-electron chi connectivity index (χ4n) is 1.73. The van der Waals surface area contributed by atoms with E-state index in [1.807, 2.05) is 12.0 Å². The molecule has 0 bridgehead atoms. The molecular weight excluding hydrogens is 266 g/mol. The van der Waals surface area contributed by atoms with Crippen LogP contribution >= 0.6 is 0 Å². The van der Waals surface area contributed by atoms with Gasteiger partial charge in [0, 0.05) is 6.07 Å². The number of halogens is 4. The number of H-pyrrole nitrogens is 1. The van der Waals surface area contributed by atoms with Crippen LogP contribution in [0.5, 0.6) is 0 Å². The third kappa shape index (κ3) is 2.34. The molecule has 2 aromatic heterocycles. The van der Waals surface area contributed by atoms with Crippen LogP contribution in [0.1, 0.15) is 24.7 Å². The van der Waals surface area contributed by atoms with Gasteiger partial charge in [-0.1, -0.05) is 13.3 Å². The zero-order chi connectivity index (χ0) is 14.2. The molecule has 0 unspecified atom stereocenters. The predicted octanol–water partition coefficient (Wildman–Crippen LogP) is 2.33. The third-order valence-electron chi connectivity index (χ3n) is 2.65. The van der Waals surface area contributed by atoms with E-state index in [1.165, 1.54) is 12.1 Å². The molecule has 1 N–H and O–H groups in total. The molecule has 0 atom stereocenters. The Hall–Kier alpha value is -1.86. The SMILES string of the molecule is CCCc1cc(=O)n2[nH]c(C(F)(F)C(F)F)nc2c1. The van der Waals surface area contributed by atoms with Crippen molar-refractivity contribution in [1.82, 2.24) is 14.6 Å². The zero-order valence-electron chi connectivity index (χ0n) is 9.96. The van der Waals surface area contributed by atoms with Crippen molar-refractivity contribution in [2.75, 3.05) is 0 Å². The first-order valence-electron chi connectivity index (χ1n) is 5.64. The van der Waals surface area contributed by atoms with Crippen LogP contribution < -0.4 is 5.56 Å². The number of pyridine rings is 1. The lowest BCUT2D eigenvalue weighted by Crippen LogP contribution is -2.25. The van der Waals surface area contributed by atoms with E-state index < -0.39 is 23.7 Å². The second-order valence-corrected chi connectivity index (χ2v) is 4.14. The van der Waals surface area contributed by atoms with Crippen molar-refractivity contribution in [3.8, 4) is 0 Å². The maximum absolute atomic E-state index is 13.1. The lowest BCUT2D eigenvalue weighted by molar-refractivity contribution is -0.140. The Kier molecular flexibility index (Phi) is 3.34. The molecule has 0 saturated carbocycles. The number of fused-ring (bicyclic) bond motifs is 1. The van der Waals surface area contributed by atoms with Gasteiger partial charge in [-0.15, -0.1) is 0 Å². The summed E-state index contributed by atoms with van der Waals surface area (Å²) in [6.07, 6.45) is -2.54. The van der Waals surface area contributed by atoms with Crippen LogP contribution in [0, 0.1) is 0 Å². The average Bonchev–Trinajstić information content (AvgIpc) is 2.74. The van der Waals surface area contributed by atoms with Crippen LogP contribution in [-0.4, -0.2) is 21.0 Å². The summed E-state index contributed by atoms with van der Waals surface area (Å²) in [4.78, 5) is 15.0. The predicted molar refractivity (Wildman–Crippen MR) is 59.7 cm³/mol. The standard InChI is InChI=1S/C11H11F4N3O/c1-2-3-6-4-7-16-10(11(14,15)9(12)13)17-18(7)8(19)5-6/h4-5,9H,2-3H2,1H3,(H,16,17). The van der Waals surface area contributed by atoms with Gasteiger partial charge in [0.1, 0.15) is 0 Å². The molecule has 0 aromatic carbocycles. The number of rotatable bonds is 4. The Morgan fingerprint density at radius 2 is 2.11 bits per heavy atom. The summed E-state index contributed by atoms with van der Waals surface area (Å²) in [5.41, 5.74) is -0.0676. The second kappa shape index (κ2) is 4.67. The molecule has 0 aliphatic carbocycles. The number of aryl methyl sites for hydroxylation is 1. The largest absolute Gasteiger partial charge is 0.365 e. The molecule has 0 spiro atoms. The first kappa shape index (κ1) is 13.6. The first-order chi connectivity index (χ1) is 8.86. The quantitative estimate of drug-likeness (QED) is 0.872. The van der Waals surface area contributed by atoms with Crippen LogP contribution in [0.4, 0.5) is 17.6 Å². The van der Waals surface area contributed by atoms with E-state index in [-0.39, 0.29) is 5.65 Å². The molecule has 0 aliphatic rings. The highest BCUT2D eigenvalue weighted by molar-refractivity contribution is 5.41. The molecule has 0 saturated heterocycles. The molecule has 19 heavy (non-hydrogen) atoms. The fourth-order valence-corrected chi connectivity index (χ4v) is 1.73. The highest BCUT2D eigenvalue weighted by atomic mass is 19.3. The van der Waals surface area contributed by atoms with Crippen LogP contribution in [-0.2, 0) is 12.3 Å². The topological polar surface area (TPSA) is 50.2 Å². The van der Waals surface area contributed by atoms with Crippen LogP contribution in [0.15, 0.2) is 16.9 Å². The molecule has 0 amide bonds. The number of nitrogens with one attached hydrogen (secondary N) is 1. The van der Waals surface area contributed by atoms with Gasteiger partial charge < -0.3 is 0 Å².